The summed E-state index contributed by atoms with van der Waals surface area (Å²) in [6.07, 6.45) is 2.70. The van der Waals surface area contributed by atoms with Gasteiger partial charge in [0.25, 0.3) is 0 Å². The Bertz CT molecular complexity index is 562. The van der Waals surface area contributed by atoms with E-state index in [2.05, 4.69) is 0 Å². The fourth-order valence-corrected chi connectivity index (χ4v) is 4.13. The summed E-state index contributed by atoms with van der Waals surface area (Å²) in [6, 6.07) is 7.17. The van der Waals surface area contributed by atoms with E-state index in [9.17, 15) is 13.5 Å². The predicted molar refractivity (Wildman–Crippen MR) is 67.3 cm³/mol. The number of aliphatic hydroxyl groups is 1. The van der Waals surface area contributed by atoms with Crippen molar-refractivity contribution in [2.75, 3.05) is 11.5 Å². The van der Waals surface area contributed by atoms with Gasteiger partial charge in [-0.15, -0.1) is 0 Å². The molecule has 0 amide bonds. The number of hydrogen-bond donors (Lipinski definition) is 1. The van der Waals surface area contributed by atoms with Gasteiger partial charge in [0.05, 0.1) is 17.6 Å². The molecule has 1 N–H and O–H groups in total. The second-order valence-corrected chi connectivity index (χ2v) is 7.40. The van der Waals surface area contributed by atoms with Crippen LogP contribution < -0.4 is 4.74 Å². The molecule has 18 heavy (non-hydrogen) atoms. The van der Waals surface area contributed by atoms with Crippen molar-refractivity contribution in [2.45, 2.75) is 31.0 Å². The molecule has 1 unspecified atom stereocenters. The molecule has 3 rings (SSSR count). The quantitative estimate of drug-likeness (QED) is 0.895. The van der Waals surface area contributed by atoms with Crippen LogP contribution in [0, 0.1) is 0 Å². The summed E-state index contributed by atoms with van der Waals surface area (Å²) < 4.78 is 28.7. The summed E-state index contributed by atoms with van der Waals surface area (Å²) in [4.78, 5) is 0. The Kier molecular flexibility index (Phi) is 2.64. The van der Waals surface area contributed by atoms with E-state index in [1.165, 1.54) is 0 Å². The topological polar surface area (TPSA) is 63.6 Å². The summed E-state index contributed by atoms with van der Waals surface area (Å²) in [5.41, 5.74) is -0.608. The Hall–Kier alpha value is -1.07. The molecule has 0 radical (unpaired) electrons. The smallest absolute Gasteiger partial charge is 0.153 e. The Morgan fingerprint density at radius 1 is 1.33 bits per heavy atom. The lowest BCUT2D eigenvalue weighted by Gasteiger charge is -2.21. The molecule has 0 aromatic heterocycles. The molecule has 2 fully saturated rings. The minimum atomic E-state index is -3.12. The van der Waals surface area contributed by atoms with Crippen LogP contribution in [-0.2, 0) is 15.4 Å². The SMILES string of the molecule is O=S1(=O)CCC(O)(c2cccc(OC3CC3)c2)C1. The van der Waals surface area contributed by atoms with Crippen LogP contribution in [-0.4, -0.2) is 31.1 Å². The van der Waals surface area contributed by atoms with Crippen LogP contribution in [0.25, 0.3) is 0 Å². The summed E-state index contributed by atoms with van der Waals surface area (Å²) in [7, 11) is -3.12. The standard InChI is InChI=1S/C13H16O4S/c14-13(6-7-18(15,16)9-13)10-2-1-3-12(8-10)17-11-4-5-11/h1-3,8,11,14H,4-7,9H2. The molecule has 1 atom stereocenters. The van der Waals surface area contributed by atoms with Gasteiger partial charge in [-0.25, -0.2) is 8.42 Å². The van der Waals surface area contributed by atoms with Gasteiger partial charge in [-0.3, -0.25) is 0 Å². The zero-order valence-corrected chi connectivity index (χ0v) is 10.8. The van der Waals surface area contributed by atoms with Gasteiger partial charge in [-0.05, 0) is 37.0 Å². The zero-order chi connectivity index (χ0) is 12.8. The Morgan fingerprint density at radius 3 is 2.72 bits per heavy atom. The van der Waals surface area contributed by atoms with Gasteiger partial charge in [0, 0.05) is 0 Å². The molecule has 1 saturated heterocycles. The van der Waals surface area contributed by atoms with E-state index in [-0.39, 0.29) is 17.9 Å². The van der Waals surface area contributed by atoms with Gasteiger partial charge < -0.3 is 9.84 Å². The maximum atomic E-state index is 11.5. The molecule has 2 aliphatic rings. The van der Waals surface area contributed by atoms with Gasteiger partial charge in [-0.2, -0.15) is 0 Å². The number of sulfone groups is 1. The van der Waals surface area contributed by atoms with Crippen molar-refractivity contribution in [1.29, 1.82) is 0 Å². The molecule has 98 valence electrons. The molecule has 1 aliphatic heterocycles. The lowest BCUT2D eigenvalue weighted by Crippen LogP contribution is -2.26. The van der Waals surface area contributed by atoms with Crippen LogP contribution in [0.2, 0.25) is 0 Å². The van der Waals surface area contributed by atoms with Crippen molar-refractivity contribution in [1.82, 2.24) is 0 Å². The second kappa shape index (κ2) is 3.96. The largest absolute Gasteiger partial charge is 0.490 e. The van der Waals surface area contributed by atoms with E-state index >= 15 is 0 Å². The molecule has 1 aromatic rings. The summed E-state index contributed by atoms with van der Waals surface area (Å²) in [5.74, 6) is 0.581. The lowest BCUT2D eigenvalue weighted by atomic mass is 9.93. The average molecular weight is 268 g/mol. The number of ether oxygens (including phenoxy) is 1. The first-order valence-corrected chi connectivity index (χ1v) is 7.99. The van der Waals surface area contributed by atoms with Gasteiger partial charge in [0.15, 0.2) is 9.84 Å². The van der Waals surface area contributed by atoms with Crippen LogP contribution >= 0.6 is 0 Å². The molecule has 1 saturated carbocycles. The highest BCUT2D eigenvalue weighted by molar-refractivity contribution is 7.91. The molecular weight excluding hydrogens is 252 g/mol. The monoisotopic (exact) mass is 268 g/mol. The molecule has 5 heteroatoms. The first kappa shape index (κ1) is 12.0. The van der Waals surface area contributed by atoms with E-state index in [1.54, 1.807) is 18.2 Å². The van der Waals surface area contributed by atoms with E-state index < -0.39 is 15.4 Å². The zero-order valence-electron chi connectivity index (χ0n) is 10.0. The molecule has 0 spiro atoms. The molecular formula is C13H16O4S. The Morgan fingerprint density at radius 2 is 2.11 bits per heavy atom. The third-order valence-corrected chi connectivity index (χ3v) is 5.23. The fourth-order valence-electron chi connectivity index (χ4n) is 2.30. The highest BCUT2D eigenvalue weighted by Gasteiger charge is 2.42. The van der Waals surface area contributed by atoms with Crippen LogP contribution in [0.1, 0.15) is 24.8 Å². The van der Waals surface area contributed by atoms with Crippen LogP contribution in [0.3, 0.4) is 0 Å². The molecule has 1 aliphatic carbocycles. The minimum absolute atomic E-state index is 0.0528. The van der Waals surface area contributed by atoms with Crippen molar-refractivity contribution in [2.24, 2.45) is 0 Å². The van der Waals surface area contributed by atoms with Crippen LogP contribution in [0.5, 0.6) is 5.75 Å². The van der Waals surface area contributed by atoms with E-state index in [0.29, 0.717) is 17.4 Å². The second-order valence-electron chi connectivity index (χ2n) is 5.22. The predicted octanol–water partition coefficient (Wildman–Crippen LogP) is 1.23. The first-order valence-electron chi connectivity index (χ1n) is 6.17. The van der Waals surface area contributed by atoms with Crippen molar-refractivity contribution in [3.8, 4) is 5.75 Å². The highest BCUT2D eigenvalue weighted by atomic mass is 32.2. The molecule has 0 bridgehead atoms. The normalized spacial score (nSPS) is 30.3. The summed E-state index contributed by atoms with van der Waals surface area (Å²) in [6.45, 7) is 0. The Balaban J connectivity index is 1.87. The fraction of sp³-hybridized carbons (Fsp3) is 0.538. The van der Waals surface area contributed by atoms with Gasteiger partial charge >= 0.3 is 0 Å². The third kappa shape index (κ3) is 2.37. The summed E-state index contributed by atoms with van der Waals surface area (Å²) >= 11 is 0. The van der Waals surface area contributed by atoms with E-state index in [0.717, 1.165) is 12.8 Å². The van der Waals surface area contributed by atoms with Crippen molar-refractivity contribution in [3.05, 3.63) is 29.8 Å². The molecule has 4 nitrogen and oxygen atoms in total. The highest BCUT2D eigenvalue weighted by Crippen LogP contribution is 2.36. The van der Waals surface area contributed by atoms with Gasteiger partial charge in [-0.1, -0.05) is 12.1 Å². The van der Waals surface area contributed by atoms with Gasteiger partial charge in [0.1, 0.15) is 11.4 Å². The lowest BCUT2D eigenvalue weighted by molar-refractivity contribution is 0.0649. The minimum Gasteiger partial charge on any atom is -0.490 e. The number of rotatable bonds is 3. The van der Waals surface area contributed by atoms with Crippen molar-refractivity contribution in [3.63, 3.8) is 0 Å². The first-order chi connectivity index (χ1) is 8.47. The van der Waals surface area contributed by atoms with Crippen LogP contribution in [0.15, 0.2) is 24.3 Å². The molecule has 1 heterocycles. The number of benzene rings is 1. The van der Waals surface area contributed by atoms with E-state index in [1.807, 2.05) is 6.07 Å². The van der Waals surface area contributed by atoms with Crippen molar-refractivity contribution >= 4 is 9.84 Å². The molecule has 1 aromatic carbocycles. The Labute approximate surface area is 107 Å². The van der Waals surface area contributed by atoms with Gasteiger partial charge in [0.2, 0.25) is 0 Å². The average Bonchev–Trinajstić information content (AvgIpc) is 3.05. The van der Waals surface area contributed by atoms with E-state index in [4.69, 9.17) is 4.74 Å². The van der Waals surface area contributed by atoms with Crippen LogP contribution in [0.4, 0.5) is 0 Å². The summed E-state index contributed by atoms with van der Waals surface area (Å²) in [5, 5.41) is 10.4. The maximum Gasteiger partial charge on any atom is 0.153 e. The van der Waals surface area contributed by atoms with Crippen molar-refractivity contribution < 1.29 is 18.3 Å². The maximum absolute atomic E-state index is 11.5. The third-order valence-electron chi connectivity index (χ3n) is 3.48. The number of hydrogen-bond acceptors (Lipinski definition) is 4.